The summed E-state index contributed by atoms with van der Waals surface area (Å²) < 4.78 is 4.75. The Kier molecular flexibility index (Phi) is 14.2. The van der Waals surface area contributed by atoms with E-state index in [2.05, 4.69) is 241 Å². The molecule has 8 nitrogen and oxygen atoms in total. The Bertz CT molecular complexity index is 4780. The molecule has 0 aliphatic carbocycles. The van der Waals surface area contributed by atoms with Gasteiger partial charge in [-0.1, -0.05) is 180 Å². The van der Waals surface area contributed by atoms with Gasteiger partial charge in [0.1, 0.15) is 0 Å². The van der Waals surface area contributed by atoms with Crippen LogP contribution in [0.25, 0.3) is 132 Å². The average molecular weight is 1170 g/mol. The van der Waals surface area contributed by atoms with Crippen molar-refractivity contribution in [1.29, 1.82) is 5.26 Å². The van der Waals surface area contributed by atoms with Crippen LogP contribution in [0.4, 0.5) is 11.4 Å². The molecule has 0 saturated heterocycles. The number of hydrogen-bond donors (Lipinski definition) is 0. The molecule has 8 heteroatoms. The van der Waals surface area contributed by atoms with Crippen LogP contribution in [-0.4, -0.2) is 24.1 Å². The maximum Gasteiger partial charge on any atom is 0.187 e. The smallest absolute Gasteiger partial charge is 0.187 e. The number of rotatable bonds is 8. The van der Waals surface area contributed by atoms with Crippen LogP contribution in [0.15, 0.2) is 206 Å². The van der Waals surface area contributed by atoms with Crippen LogP contribution in [0, 0.1) is 24.5 Å². The van der Waals surface area contributed by atoms with Crippen molar-refractivity contribution < 1.29 is 0 Å². The summed E-state index contributed by atoms with van der Waals surface area (Å²) in [4.78, 5) is 23.8. The lowest BCUT2D eigenvalue weighted by atomic mass is 9.85. The quantitative estimate of drug-likeness (QED) is 0.142. The number of fused-ring (bicyclic) bond motifs is 6. The van der Waals surface area contributed by atoms with E-state index in [-0.39, 0.29) is 21.7 Å². The molecule has 0 amide bonds. The summed E-state index contributed by atoms with van der Waals surface area (Å²) in [6, 6.07) is 74.3. The molecule has 0 bridgehead atoms. The maximum atomic E-state index is 10.4. The van der Waals surface area contributed by atoms with Gasteiger partial charge in [0.15, 0.2) is 28.8 Å². The van der Waals surface area contributed by atoms with Crippen molar-refractivity contribution in [2.45, 2.75) is 105 Å². The fourth-order valence-corrected chi connectivity index (χ4v) is 12.5. The largest absolute Gasteiger partial charge is 0.309 e. The first kappa shape index (κ1) is 58.3. The first-order valence-electron chi connectivity index (χ1n) is 30.8. The number of nitrogens with zero attached hydrogens (tertiary/aromatic N) is 8. The molecule has 0 atom stereocenters. The Balaban J connectivity index is 1.06. The van der Waals surface area contributed by atoms with E-state index >= 15 is 0 Å². The zero-order valence-corrected chi connectivity index (χ0v) is 53.2. The third kappa shape index (κ3) is 10.7. The van der Waals surface area contributed by atoms with Crippen LogP contribution in [-0.2, 0) is 21.7 Å². The fourth-order valence-electron chi connectivity index (χ4n) is 12.5. The van der Waals surface area contributed by atoms with E-state index in [1.807, 2.05) is 72.8 Å². The predicted molar refractivity (Wildman–Crippen MR) is 373 cm³/mol. The Hall–Kier alpha value is -10.7. The van der Waals surface area contributed by atoms with E-state index in [1.165, 1.54) is 43.8 Å². The van der Waals surface area contributed by atoms with Gasteiger partial charge in [-0.2, -0.15) is 5.26 Å². The van der Waals surface area contributed by atoms with Gasteiger partial charge < -0.3 is 9.13 Å². The van der Waals surface area contributed by atoms with Crippen molar-refractivity contribution in [3.8, 4) is 85.0 Å². The van der Waals surface area contributed by atoms with E-state index in [1.54, 1.807) is 0 Å². The summed E-state index contributed by atoms with van der Waals surface area (Å²) in [5, 5.41) is 15.1. The molecular formula is C82H70N8. The molecule has 13 aromatic rings. The Morgan fingerprint density at radius 2 is 0.667 bits per heavy atom. The number of hydrogen-bond acceptors (Lipinski definition) is 4. The van der Waals surface area contributed by atoms with Gasteiger partial charge in [-0.05, 0) is 175 Å². The van der Waals surface area contributed by atoms with Crippen molar-refractivity contribution in [1.82, 2.24) is 24.1 Å². The summed E-state index contributed by atoms with van der Waals surface area (Å²) in [6.07, 6.45) is 0. The highest BCUT2D eigenvalue weighted by molar-refractivity contribution is 6.12. The van der Waals surface area contributed by atoms with Crippen LogP contribution in [0.3, 0.4) is 0 Å². The minimum atomic E-state index is -0.0724. The molecule has 0 aliphatic rings. The zero-order valence-electron chi connectivity index (χ0n) is 53.2. The summed E-state index contributed by atoms with van der Waals surface area (Å²) in [5.41, 5.74) is 20.4. The van der Waals surface area contributed by atoms with Crippen molar-refractivity contribution in [3.05, 3.63) is 257 Å². The van der Waals surface area contributed by atoms with Gasteiger partial charge in [0.25, 0.3) is 0 Å². The van der Waals surface area contributed by atoms with Gasteiger partial charge in [0.2, 0.25) is 0 Å². The Morgan fingerprint density at radius 3 is 1.04 bits per heavy atom. The second-order valence-corrected chi connectivity index (χ2v) is 28.0. The molecule has 3 aromatic heterocycles. The molecule has 3 heterocycles. The minimum Gasteiger partial charge on any atom is -0.309 e. The summed E-state index contributed by atoms with van der Waals surface area (Å²) in [6.45, 7) is 43.0. The van der Waals surface area contributed by atoms with Gasteiger partial charge in [-0.3, -0.25) is 0 Å². The lowest BCUT2D eigenvalue weighted by molar-refractivity contribution is 0.590. The van der Waals surface area contributed by atoms with Gasteiger partial charge in [-0.25, -0.2) is 24.6 Å². The highest BCUT2D eigenvalue weighted by Gasteiger charge is 2.26. The molecule has 0 N–H and O–H groups in total. The minimum absolute atomic E-state index is 0.0710. The number of nitriles is 1. The molecule has 0 spiro atoms. The highest BCUT2D eigenvalue weighted by Crippen LogP contribution is 2.45. The molecule has 438 valence electrons. The number of aromatic nitrogens is 5. The zero-order chi connectivity index (χ0) is 63.2. The van der Waals surface area contributed by atoms with Gasteiger partial charge >= 0.3 is 0 Å². The lowest BCUT2D eigenvalue weighted by Crippen LogP contribution is -2.10. The van der Waals surface area contributed by atoms with E-state index in [0.29, 0.717) is 34.4 Å². The molecule has 10 aromatic carbocycles. The molecule has 90 heavy (non-hydrogen) atoms. The Labute approximate surface area is 528 Å². The van der Waals surface area contributed by atoms with Gasteiger partial charge in [0.05, 0.1) is 58.2 Å². The predicted octanol–water partition coefficient (Wildman–Crippen LogP) is 22.2. The van der Waals surface area contributed by atoms with E-state index in [4.69, 9.17) is 28.1 Å². The first-order chi connectivity index (χ1) is 42.9. The van der Waals surface area contributed by atoms with E-state index in [0.717, 1.165) is 83.5 Å². The summed E-state index contributed by atoms with van der Waals surface area (Å²) >= 11 is 0. The molecule has 0 saturated carbocycles. The molecular weight excluding hydrogens is 1100 g/mol. The monoisotopic (exact) mass is 1170 g/mol. The van der Waals surface area contributed by atoms with Gasteiger partial charge in [0, 0.05) is 49.4 Å². The Morgan fingerprint density at radius 1 is 0.333 bits per heavy atom. The van der Waals surface area contributed by atoms with Crippen LogP contribution in [0.1, 0.15) is 111 Å². The highest BCUT2D eigenvalue weighted by atomic mass is 15.0. The van der Waals surface area contributed by atoms with Crippen LogP contribution < -0.4 is 0 Å². The van der Waals surface area contributed by atoms with Gasteiger partial charge in [-0.15, -0.1) is 0 Å². The fraction of sp³-hybridized carbons (Fsp3) is 0.195. The standard InChI is InChI=1S/C82H70N8/c1-79(2,3)58-30-36-72-66(45-58)67-46-59(80(4,5)6)31-37-73(67)89(72)70-34-28-56(43-64(70)54-20-15-18-50(40-54)49-83)77-86-76(52-26-24-51(25-27-52)53-19-16-22-62(41-53)84-13)87-78(88-77)57-29-35-71(65(44-57)55-21-17-23-63(42-55)85-14)90-74-38-32-60(81(7,8)9)47-68(74)69-48-61(82(10,11)12)33-39-75(69)90/h15-48H,1-12H3. The topological polar surface area (TPSA) is 81.0 Å². The summed E-state index contributed by atoms with van der Waals surface area (Å²) in [7, 11) is 0. The van der Waals surface area contributed by atoms with Crippen molar-refractivity contribution >= 4 is 55.0 Å². The van der Waals surface area contributed by atoms with E-state index < -0.39 is 0 Å². The van der Waals surface area contributed by atoms with E-state index in [9.17, 15) is 5.26 Å². The van der Waals surface area contributed by atoms with Crippen LogP contribution in [0.5, 0.6) is 0 Å². The van der Waals surface area contributed by atoms with Crippen molar-refractivity contribution in [2.24, 2.45) is 0 Å². The van der Waals surface area contributed by atoms with Crippen LogP contribution >= 0.6 is 0 Å². The van der Waals surface area contributed by atoms with Crippen molar-refractivity contribution in [2.75, 3.05) is 0 Å². The van der Waals surface area contributed by atoms with Crippen LogP contribution in [0.2, 0.25) is 0 Å². The molecule has 0 fully saturated rings. The third-order valence-corrected chi connectivity index (χ3v) is 17.7. The molecule has 0 unspecified atom stereocenters. The lowest BCUT2D eigenvalue weighted by Gasteiger charge is -2.20. The normalized spacial score (nSPS) is 12.2. The molecule has 0 radical (unpaired) electrons. The first-order valence-corrected chi connectivity index (χ1v) is 30.8. The molecule has 0 aliphatic heterocycles. The maximum absolute atomic E-state index is 10.4. The van der Waals surface area contributed by atoms with Crippen molar-refractivity contribution in [3.63, 3.8) is 0 Å². The third-order valence-electron chi connectivity index (χ3n) is 17.7. The summed E-state index contributed by atoms with van der Waals surface area (Å²) in [5.74, 6) is 1.41. The molecule has 13 rings (SSSR count). The average Bonchev–Trinajstić information content (AvgIpc) is 1.58. The SMILES string of the molecule is [C-]#[N+]c1cccc(-c2ccc(-c3nc(-c4ccc(-n5c6ccc(C(C)(C)C)cc6c6cc(C(C)(C)C)ccc65)c(-c5cccc(C#N)c5)c4)nc(-c4ccc(-n5c6ccc(C(C)(C)C)cc6c6cc(C(C)(C)C)ccc65)c(-c5cccc([N+]#[C-])c5)c4)n3)cc2)c1. The second kappa shape index (κ2) is 21.8. The number of benzene rings is 10. The second-order valence-electron chi connectivity index (χ2n) is 28.0.